The van der Waals surface area contributed by atoms with Gasteiger partial charge in [-0.1, -0.05) is 38.1 Å². The zero-order valence-electron chi connectivity index (χ0n) is 16.2. The molecule has 1 N–H and O–H groups in total. The summed E-state index contributed by atoms with van der Waals surface area (Å²) in [5.41, 5.74) is 7.22. The molecule has 3 heteroatoms. The number of methoxy groups -OCH3 is 1. The van der Waals surface area contributed by atoms with Crippen LogP contribution in [0.25, 0.3) is 0 Å². The van der Waals surface area contributed by atoms with E-state index in [1.165, 1.54) is 27.8 Å². The van der Waals surface area contributed by atoms with Gasteiger partial charge in [0.2, 0.25) is 0 Å². The minimum atomic E-state index is -0.434. The topological polar surface area (TPSA) is 38.7 Å². The van der Waals surface area contributed by atoms with Crippen molar-refractivity contribution in [3.63, 3.8) is 0 Å². The minimum absolute atomic E-state index is 0.262. The number of aliphatic hydroxyl groups is 1. The number of aryl methyl sites for hydroxylation is 2. The summed E-state index contributed by atoms with van der Waals surface area (Å²) >= 11 is 0. The smallest absolute Gasteiger partial charge is 0.188 e. The molecule has 0 aliphatic heterocycles. The monoisotopic (exact) mass is 342 g/mol. The van der Waals surface area contributed by atoms with Gasteiger partial charge in [0.05, 0.1) is 6.10 Å². The zero-order valence-corrected chi connectivity index (χ0v) is 16.2. The number of hydrogen-bond acceptors (Lipinski definition) is 3. The van der Waals surface area contributed by atoms with Crippen LogP contribution in [0, 0.1) is 13.8 Å². The van der Waals surface area contributed by atoms with Gasteiger partial charge in [-0.3, -0.25) is 0 Å². The molecule has 0 fully saturated rings. The summed E-state index contributed by atoms with van der Waals surface area (Å²) in [6.07, 6.45) is 0.443. The van der Waals surface area contributed by atoms with E-state index < -0.39 is 6.10 Å². The molecule has 0 saturated heterocycles. The van der Waals surface area contributed by atoms with Crippen LogP contribution in [0.3, 0.4) is 0 Å². The molecule has 2 aromatic carbocycles. The van der Waals surface area contributed by atoms with Crippen LogP contribution >= 0.6 is 0 Å². The highest BCUT2D eigenvalue weighted by Gasteiger charge is 2.12. The summed E-state index contributed by atoms with van der Waals surface area (Å²) in [6.45, 7) is 10.7. The van der Waals surface area contributed by atoms with Gasteiger partial charge < -0.3 is 14.6 Å². The van der Waals surface area contributed by atoms with Crippen molar-refractivity contribution in [3.05, 3.63) is 63.7 Å². The molecule has 0 saturated carbocycles. The van der Waals surface area contributed by atoms with Crippen LogP contribution in [0.1, 0.15) is 66.2 Å². The van der Waals surface area contributed by atoms with Gasteiger partial charge in [-0.15, -0.1) is 0 Å². The van der Waals surface area contributed by atoms with Gasteiger partial charge in [-0.2, -0.15) is 0 Å². The molecule has 0 aliphatic rings. The summed E-state index contributed by atoms with van der Waals surface area (Å²) in [6, 6.07) is 10.6. The molecular formula is C22H30O3. The van der Waals surface area contributed by atoms with E-state index in [4.69, 9.17) is 9.47 Å². The van der Waals surface area contributed by atoms with E-state index in [2.05, 4.69) is 52.0 Å². The molecule has 0 aromatic heterocycles. The molecule has 0 heterocycles. The average Bonchev–Trinajstić information content (AvgIpc) is 2.56. The SMILES string of the molecule is COCOc1ccc(Cc2c(C)cc(C(C)O)cc2C)cc1C(C)C. The van der Waals surface area contributed by atoms with Crippen molar-refractivity contribution in [1.29, 1.82) is 0 Å². The predicted molar refractivity (Wildman–Crippen MR) is 102 cm³/mol. The van der Waals surface area contributed by atoms with Crippen molar-refractivity contribution in [2.45, 2.75) is 53.1 Å². The van der Waals surface area contributed by atoms with E-state index in [0.29, 0.717) is 5.92 Å². The predicted octanol–water partition coefficient (Wildman–Crippen LogP) is 5.05. The van der Waals surface area contributed by atoms with Crippen LogP contribution in [-0.4, -0.2) is 19.0 Å². The third kappa shape index (κ3) is 4.83. The highest BCUT2D eigenvalue weighted by molar-refractivity contribution is 5.45. The highest BCUT2D eigenvalue weighted by atomic mass is 16.7. The van der Waals surface area contributed by atoms with Crippen molar-refractivity contribution in [1.82, 2.24) is 0 Å². The van der Waals surface area contributed by atoms with Gasteiger partial charge in [0.1, 0.15) is 5.75 Å². The van der Waals surface area contributed by atoms with E-state index in [-0.39, 0.29) is 6.79 Å². The Balaban J connectivity index is 2.33. The molecule has 136 valence electrons. The molecule has 0 amide bonds. The highest BCUT2D eigenvalue weighted by Crippen LogP contribution is 2.30. The summed E-state index contributed by atoms with van der Waals surface area (Å²) < 4.78 is 10.7. The molecule has 0 spiro atoms. The van der Waals surface area contributed by atoms with Crippen molar-refractivity contribution >= 4 is 0 Å². The Kier molecular flexibility index (Phi) is 6.63. The number of hydrogen-bond donors (Lipinski definition) is 1. The molecule has 0 aliphatic carbocycles. The number of rotatable bonds is 7. The van der Waals surface area contributed by atoms with E-state index in [9.17, 15) is 5.11 Å². The summed E-state index contributed by atoms with van der Waals surface area (Å²) in [4.78, 5) is 0. The summed E-state index contributed by atoms with van der Waals surface area (Å²) in [5, 5.41) is 9.83. The quantitative estimate of drug-likeness (QED) is 0.715. The van der Waals surface area contributed by atoms with E-state index in [1.807, 2.05) is 13.0 Å². The third-order valence-corrected chi connectivity index (χ3v) is 4.61. The Hall–Kier alpha value is -1.84. The van der Waals surface area contributed by atoms with Gasteiger partial charge in [-0.25, -0.2) is 0 Å². The van der Waals surface area contributed by atoms with Gasteiger partial charge in [0.25, 0.3) is 0 Å². The Morgan fingerprint density at radius 1 is 1.00 bits per heavy atom. The molecule has 1 unspecified atom stereocenters. The molecule has 1 atom stereocenters. The lowest BCUT2D eigenvalue weighted by Crippen LogP contribution is -2.04. The van der Waals surface area contributed by atoms with Crippen LogP contribution in [0.2, 0.25) is 0 Å². The fraction of sp³-hybridized carbons (Fsp3) is 0.455. The fourth-order valence-corrected chi connectivity index (χ4v) is 3.16. The van der Waals surface area contributed by atoms with Crippen molar-refractivity contribution in [3.8, 4) is 5.75 Å². The molecule has 0 bridgehead atoms. The van der Waals surface area contributed by atoms with Crippen LogP contribution in [0.4, 0.5) is 0 Å². The van der Waals surface area contributed by atoms with Gasteiger partial charge in [0.15, 0.2) is 6.79 Å². The second-order valence-corrected chi connectivity index (χ2v) is 7.06. The molecule has 0 radical (unpaired) electrons. The lowest BCUT2D eigenvalue weighted by Gasteiger charge is -2.17. The Bertz CT molecular complexity index is 694. The van der Waals surface area contributed by atoms with Crippen molar-refractivity contribution in [2.75, 3.05) is 13.9 Å². The molecule has 3 nitrogen and oxygen atoms in total. The second-order valence-electron chi connectivity index (χ2n) is 7.06. The first-order valence-electron chi connectivity index (χ1n) is 8.86. The Labute approximate surface area is 151 Å². The van der Waals surface area contributed by atoms with Crippen molar-refractivity contribution in [2.24, 2.45) is 0 Å². The van der Waals surface area contributed by atoms with Crippen molar-refractivity contribution < 1.29 is 14.6 Å². The molecular weight excluding hydrogens is 312 g/mol. The molecule has 2 rings (SSSR count). The third-order valence-electron chi connectivity index (χ3n) is 4.61. The Morgan fingerprint density at radius 3 is 2.16 bits per heavy atom. The summed E-state index contributed by atoms with van der Waals surface area (Å²) in [7, 11) is 1.63. The molecule has 25 heavy (non-hydrogen) atoms. The van der Waals surface area contributed by atoms with Gasteiger partial charge >= 0.3 is 0 Å². The fourth-order valence-electron chi connectivity index (χ4n) is 3.16. The lowest BCUT2D eigenvalue weighted by atomic mass is 9.91. The first-order chi connectivity index (χ1) is 11.8. The average molecular weight is 342 g/mol. The zero-order chi connectivity index (χ0) is 18.6. The number of benzene rings is 2. The summed E-state index contributed by atoms with van der Waals surface area (Å²) in [5.74, 6) is 1.27. The first kappa shape index (κ1) is 19.5. The van der Waals surface area contributed by atoms with E-state index >= 15 is 0 Å². The first-order valence-corrected chi connectivity index (χ1v) is 8.86. The lowest BCUT2D eigenvalue weighted by molar-refractivity contribution is 0.0502. The van der Waals surface area contributed by atoms with Gasteiger partial charge in [0, 0.05) is 7.11 Å². The van der Waals surface area contributed by atoms with Crippen LogP contribution < -0.4 is 4.74 Å². The van der Waals surface area contributed by atoms with Gasteiger partial charge in [-0.05, 0) is 72.6 Å². The molecule has 2 aromatic rings. The Morgan fingerprint density at radius 2 is 1.64 bits per heavy atom. The van der Waals surface area contributed by atoms with Crippen LogP contribution in [0.5, 0.6) is 5.75 Å². The maximum absolute atomic E-state index is 9.83. The van der Waals surface area contributed by atoms with Crippen LogP contribution in [-0.2, 0) is 11.2 Å². The maximum Gasteiger partial charge on any atom is 0.188 e. The number of aliphatic hydroxyl groups excluding tert-OH is 1. The van der Waals surface area contributed by atoms with E-state index in [1.54, 1.807) is 7.11 Å². The number of ether oxygens (including phenoxy) is 2. The maximum atomic E-state index is 9.83. The second kappa shape index (κ2) is 8.50. The largest absolute Gasteiger partial charge is 0.467 e. The normalized spacial score (nSPS) is 12.5. The standard InChI is InChI=1S/C22H30O3/c1-14(2)20-11-18(7-8-22(20)25-13-24-6)12-21-15(3)9-19(17(5)23)10-16(21)4/h7-11,14,17,23H,12-13H2,1-6H3. The van der Waals surface area contributed by atoms with Crippen LogP contribution in [0.15, 0.2) is 30.3 Å². The van der Waals surface area contributed by atoms with E-state index in [0.717, 1.165) is 17.7 Å². The minimum Gasteiger partial charge on any atom is -0.467 e.